The normalized spacial score (nSPS) is 11.2. The van der Waals surface area contributed by atoms with Gasteiger partial charge in [-0.2, -0.15) is 0 Å². The summed E-state index contributed by atoms with van der Waals surface area (Å²) in [6, 6.07) is 8.08. The molecule has 0 saturated carbocycles. The van der Waals surface area contributed by atoms with E-state index in [-0.39, 0.29) is 6.04 Å². The van der Waals surface area contributed by atoms with Crippen LogP contribution in [0.2, 0.25) is 0 Å². The van der Waals surface area contributed by atoms with Crippen LogP contribution in [0, 0.1) is 0 Å². The van der Waals surface area contributed by atoms with Crippen molar-refractivity contribution in [1.29, 1.82) is 0 Å². The molecule has 0 atom stereocenters. The van der Waals surface area contributed by atoms with Crippen molar-refractivity contribution >= 4 is 29.2 Å². The van der Waals surface area contributed by atoms with E-state index in [1.807, 2.05) is 18.2 Å². The maximum Gasteiger partial charge on any atom is 0.328 e. The third kappa shape index (κ3) is 4.16. The predicted molar refractivity (Wildman–Crippen MR) is 86.5 cm³/mol. The minimum atomic E-state index is -0.959. The molecule has 0 radical (unpaired) electrons. The minimum Gasteiger partial charge on any atom is -0.478 e. The first-order valence-electron chi connectivity index (χ1n) is 6.73. The molecule has 0 aliphatic carbocycles. The summed E-state index contributed by atoms with van der Waals surface area (Å²) >= 11 is 1.71. The Morgan fingerprint density at radius 2 is 2.24 bits per heavy atom. The van der Waals surface area contributed by atoms with Gasteiger partial charge < -0.3 is 10.0 Å². The number of carboxylic acid groups (broad SMARTS) is 1. The molecule has 2 aromatic heterocycles. The number of aliphatic carboxylic acids is 1. The fraction of sp³-hybridized carbons (Fsp3) is 0.250. The van der Waals surface area contributed by atoms with E-state index in [0.29, 0.717) is 0 Å². The van der Waals surface area contributed by atoms with Gasteiger partial charge in [0.15, 0.2) is 0 Å². The summed E-state index contributed by atoms with van der Waals surface area (Å²) in [6.07, 6.45) is 4.47. The van der Waals surface area contributed by atoms with Crippen LogP contribution in [0.1, 0.15) is 24.3 Å². The van der Waals surface area contributed by atoms with Crippen LogP contribution in [0.3, 0.4) is 0 Å². The van der Waals surface area contributed by atoms with E-state index in [0.717, 1.165) is 24.0 Å². The first kappa shape index (κ1) is 15.3. The number of pyridine rings is 1. The van der Waals surface area contributed by atoms with Gasteiger partial charge in [0.25, 0.3) is 0 Å². The Kier molecular flexibility index (Phi) is 5.11. The van der Waals surface area contributed by atoms with E-state index in [2.05, 4.69) is 35.2 Å². The maximum atomic E-state index is 10.7. The third-order valence-electron chi connectivity index (χ3n) is 3.02. The summed E-state index contributed by atoms with van der Waals surface area (Å²) in [5.74, 6) is -0.155. The Hall–Kier alpha value is -2.14. The summed E-state index contributed by atoms with van der Waals surface area (Å²) < 4.78 is 0. The van der Waals surface area contributed by atoms with Gasteiger partial charge in [0.1, 0.15) is 5.82 Å². The van der Waals surface area contributed by atoms with Crippen LogP contribution in [0.4, 0.5) is 5.82 Å². The van der Waals surface area contributed by atoms with E-state index in [9.17, 15) is 4.79 Å². The lowest BCUT2D eigenvalue weighted by Crippen LogP contribution is -2.31. The highest BCUT2D eigenvalue weighted by Gasteiger charge is 2.15. The van der Waals surface area contributed by atoms with Gasteiger partial charge in [-0.25, -0.2) is 9.78 Å². The molecule has 0 saturated heterocycles. The smallest absolute Gasteiger partial charge is 0.328 e. The lowest BCUT2D eigenvalue weighted by molar-refractivity contribution is -0.131. The van der Waals surface area contributed by atoms with Crippen LogP contribution in [0.5, 0.6) is 0 Å². The van der Waals surface area contributed by atoms with Crippen molar-refractivity contribution in [1.82, 2.24) is 4.98 Å². The lowest BCUT2D eigenvalue weighted by atomic mass is 10.2. The SMILES string of the molecule is CC(C)N(Cc1cccs1)c1ncccc1/C=C/C(=O)O. The van der Waals surface area contributed by atoms with E-state index in [1.54, 1.807) is 23.6 Å². The molecule has 1 N–H and O–H groups in total. The summed E-state index contributed by atoms with van der Waals surface area (Å²) in [5.41, 5.74) is 0.810. The van der Waals surface area contributed by atoms with Crippen molar-refractivity contribution in [2.45, 2.75) is 26.4 Å². The van der Waals surface area contributed by atoms with Crippen molar-refractivity contribution in [3.05, 3.63) is 52.4 Å². The van der Waals surface area contributed by atoms with Gasteiger partial charge in [0.05, 0.1) is 6.54 Å². The Bertz CT molecular complexity index is 621. The lowest BCUT2D eigenvalue weighted by Gasteiger charge is -2.28. The highest BCUT2D eigenvalue weighted by atomic mass is 32.1. The van der Waals surface area contributed by atoms with Crippen LogP contribution >= 0.6 is 11.3 Å². The molecule has 2 heterocycles. The van der Waals surface area contributed by atoms with Crippen molar-refractivity contribution < 1.29 is 9.90 Å². The second kappa shape index (κ2) is 7.04. The third-order valence-corrected chi connectivity index (χ3v) is 3.89. The Morgan fingerprint density at radius 1 is 1.43 bits per heavy atom. The van der Waals surface area contributed by atoms with E-state index < -0.39 is 5.97 Å². The topological polar surface area (TPSA) is 53.4 Å². The monoisotopic (exact) mass is 302 g/mol. The molecule has 0 amide bonds. The van der Waals surface area contributed by atoms with Crippen LogP contribution in [0.15, 0.2) is 41.9 Å². The standard InChI is InChI=1S/C16H18N2O2S/c1-12(2)18(11-14-6-4-10-21-14)16-13(5-3-9-17-16)7-8-15(19)20/h3-10,12H,11H2,1-2H3,(H,19,20)/b8-7+. The number of carbonyl (C=O) groups is 1. The van der Waals surface area contributed by atoms with Gasteiger partial charge in [-0.15, -0.1) is 11.3 Å². The first-order chi connectivity index (χ1) is 10.1. The van der Waals surface area contributed by atoms with Crippen molar-refractivity contribution in [3.63, 3.8) is 0 Å². The Balaban J connectivity index is 2.34. The second-order valence-electron chi connectivity index (χ2n) is 4.89. The molecule has 5 heteroatoms. The Morgan fingerprint density at radius 3 is 2.86 bits per heavy atom. The number of hydrogen-bond donors (Lipinski definition) is 1. The van der Waals surface area contributed by atoms with Gasteiger partial charge in [-0.3, -0.25) is 0 Å². The van der Waals surface area contributed by atoms with Crippen molar-refractivity contribution in [2.75, 3.05) is 4.90 Å². The van der Waals surface area contributed by atoms with Crippen LogP contribution < -0.4 is 4.90 Å². The Labute approximate surface area is 128 Å². The molecule has 0 fully saturated rings. The zero-order valence-electron chi connectivity index (χ0n) is 12.1. The molecule has 110 valence electrons. The molecule has 0 bridgehead atoms. The molecule has 0 aliphatic rings. The molecule has 2 rings (SSSR count). The van der Waals surface area contributed by atoms with Gasteiger partial charge in [-0.1, -0.05) is 6.07 Å². The summed E-state index contributed by atoms with van der Waals surface area (Å²) in [4.78, 5) is 18.6. The van der Waals surface area contributed by atoms with Gasteiger partial charge in [0.2, 0.25) is 0 Å². The van der Waals surface area contributed by atoms with Crippen molar-refractivity contribution in [3.8, 4) is 0 Å². The molecule has 21 heavy (non-hydrogen) atoms. The average molecular weight is 302 g/mol. The number of aromatic nitrogens is 1. The van der Waals surface area contributed by atoms with Gasteiger partial charge >= 0.3 is 5.97 Å². The minimum absolute atomic E-state index is 0.263. The summed E-state index contributed by atoms with van der Waals surface area (Å²) in [6.45, 7) is 4.97. The molecule has 4 nitrogen and oxygen atoms in total. The highest BCUT2D eigenvalue weighted by molar-refractivity contribution is 7.09. The molecule has 0 aromatic carbocycles. The number of carboxylic acids is 1. The zero-order chi connectivity index (χ0) is 15.2. The second-order valence-corrected chi connectivity index (χ2v) is 5.92. The van der Waals surface area contributed by atoms with E-state index in [4.69, 9.17) is 5.11 Å². The van der Waals surface area contributed by atoms with E-state index >= 15 is 0 Å². The van der Waals surface area contributed by atoms with E-state index in [1.165, 1.54) is 4.88 Å². The average Bonchev–Trinajstić information content (AvgIpc) is 2.95. The molecule has 0 aliphatic heterocycles. The number of rotatable bonds is 6. The fourth-order valence-corrected chi connectivity index (χ4v) is 2.72. The van der Waals surface area contributed by atoms with Gasteiger partial charge in [0, 0.05) is 28.8 Å². The fourth-order valence-electron chi connectivity index (χ4n) is 2.01. The largest absolute Gasteiger partial charge is 0.478 e. The van der Waals surface area contributed by atoms with Crippen LogP contribution in [-0.4, -0.2) is 22.1 Å². The maximum absolute atomic E-state index is 10.7. The molecular weight excluding hydrogens is 284 g/mol. The zero-order valence-corrected chi connectivity index (χ0v) is 12.9. The number of anilines is 1. The predicted octanol–water partition coefficient (Wildman–Crippen LogP) is 3.66. The number of thiophene rings is 1. The van der Waals surface area contributed by atoms with Crippen LogP contribution in [0.25, 0.3) is 6.08 Å². The molecule has 0 unspecified atom stereocenters. The first-order valence-corrected chi connectivity index (χ1v) is 7.61. The molecular formula is C16H18N2O2S. The number of nitrogens with zero attached hydrogens (tertiary/aromatic N) is 2. The highest BCUT2D eigenvalue weighted by Crippen LogP contribution is 2.24. The molecule has 2 aromatic rings. The quantitative estimate of drug-likeness (QED) is 0.827. The number of hydrogen-bond acceptors (Lipinski definition) is 4. The van der Waals surface area contributed by atoms with Gasteiger partial charge in [-0.05, 0) is 43.5 Å². The summed E-state index contributed by atoms with van der Waals surface area (Å²) in [5, 5.41) is 10.9. The van der Waals surface area contributed by atoms with Crippen LogP contribution in [-0.2, 0) is 11.3 Å². The summed E-state index contributed by atoms with van der Waals surface area (Å²) in [7, 11) is 0. The van der Waals surface area contributed by atoms with Crippen molar-refractivity contribution in [2.24, 2.45) is 0 Å². The molecule has 0 spiro atoms.